The van der Waals surface area contributed by atoms with E-state index in [1.54, 1.807) is 4.57 Å². The largest absolute Gasteiger partial charge is 0.394 e. The average Bonchev–Trinajstić information content (AvgIpc) is 3.05. The predicted molar refractivity (Wildman–Crippen MR) is 82.5 cm³/mol. The van der Waals surface area contributed by atoms with E-state index in [1.165, 1.54) is 6.33 Å². The number of nitrogen functional groups attached to an aromatic ring is 1. The van der Waals surface area contributed by atoms with E-state index in [1.807, 2.05) is 6.92 Å². The SMILES string of the molecule is CC1CO[C@H]2[C@@H](O1)[C@H](n1c(Br)nc3c(N)ncnc31)O[C@@H]2CO. The number of aromatic nitrogens is 4. The highest BCUT2D eigenvalue weighted by Crippen LogP contribution is 2.39. The number of aliphatic hydroxyl groups is 1. The van der Waals surface area contributed by atoms with Crippen LogP contribution >= 0.6 is 15.9 Å². The average molecular weight is 386 g/mol. The molecule has 2 aliphatic heterocycles. The van der Waals surface area contributed by atoms with Gasteiger partial charge in [0.2, 0.25) is 0 Å². The molecule has 0 aromatic carbocycles. The molecule has 5 atom stereocenters. The van der Waals surface area contributed by atoms with Gasteiger partial charge < -0.3 is 25.1 Å². The van der Waals surface area contributed by atoms with Crippen molar-refractivity contribution in [2.75, 3.05) is 18.9 Å². The third kappa shape index (κ3) is 2.32. The normalized spacial score (nSPS) is 34.0. The number of anilines is 1. The molecule has 0 aliphatic carbocycles. The minimum Gasteiger partial charge on any atom is -0.394 e. The van der Waals surface area contributed by atoms with Crippen molar-refractivity contribution in [3.05, 3.63) is 11.1 Å². The summed E-state index contributed by atoms with van der Waals surface area (Å²) in [6, 6.07) is 0. The number of nitrogens with zero attached hydrogens (tertiary/aromatic N) is 4. The quantitative estimate of drug-likeness (QED) is 0.705. The number of fused-ring (bicyclic) bond motifs is 2. The Morgan fingerprint density at radius 1 is 1.39 bits per heavy atom. The molecule has 3 N–H and O–H groups in total. The van der Waals surface area contributed by atoms with E-state index in [0.29, 0.717) is 22.5 Å². The first kappa shape index (κ1) is 15.2. The number of hydrogen-bond donors (Lipinski definition) is 2. The molecule has 0 radical (unpaired) electrons. The smallest absolute Gasteiger partial charge is 0.181 e. The van der Waals surface area contributed by atoms with Crippen LogP contribution in [0.2, 0.25) is 0 Å². The Labute approximate surface area is 139 Å². The van der Waals surface area contributed by atoms with Crippen LogP contribution in [0.3, 0.4) is 0 Å². The number of rotatable bonds is 2. The zero-order valence-electron chi connectivity index (χ0n) is 12.3. The van der Waals surface area contributed by atoms with Crippen molar-refractivity contribution in [1.29, 1.82) is 0 Å². The Morgan fingerprint density at radius 2 is 2.22 bits per heavy atom. The molecule has 2 aromatic heterocycles. The molecule has 4 rings (SSSR count). The zero-order valence-corrected chi connectivity index (χ0v) is 13.9. The summed E-state index contributed by atoms with van der Waals surface area (Å²) in [6.07, 6.45) is -0.410. The van der Waals surface area contributed by atoms with Crippen LogP contribution < -0.4 is 5.73 Å². The summed E-state index contributed by atoms with van der Waals surface area (Å²) < 4.78 is 20.0. The van der Waals surface area contributed by atoms with Crippen LogP contribution in [-0.2, 0) is 14.2 Å². The van der Waals surface area contributed by atoms with Gasteiger partial charge in [0.15, 0.2) is 27.9 Å². The number of nitrogens with two attached hydrogens (primary N) is 1. The zero-order chi connectivity index (χ0) is 16.1. The summed E-state index contributed by atoms with van der Waals surface area (Å²) in [5, 5.41) is 9.57. The van der Waals surface area contributed by atoms with Gasteiger partial charge in [-0.25, -0.2) is 15.0 Å². The molecule has 2 aliphatic rings. The Bertz CT molecular complexity index is 740. The van der Waals surface area contributed by atoms with Crippen molar-refractivity contribution in [2.45, 2.75) is 37.6 Å². The summed E-state index contributed by atoms with van der Waals surface area (Å²) in [5.41, 5.74) is 6.88. The molecule has 9 nitrogen and oxygen atoms in total. The van der Waals surface area contributed by atoms with E-state index < -0.39 is 12.3 Å². The number of halogens is 1. The van der Waals surface area contributed by atoms with Gasteiger partial charge in [0.1, 0.15) is 24.6 Å². The molecule has 1 unspecified atom stereocenters. The molecule has 0 bridgehead atoms. The monoisotopic (exact) mass is 385 g/mol. The fraction of sp³-hybridized carbons (Fsp3) is 0.615. The Morgan fingerprint density at radius 3 is 3.00 bits per heavy atom. The fourth-order valence-electron chi connectivity index (χ4n) is 3.09. The number of aliphatic hydroxyl groups excluding tert-OH is 1. The first-order chi connectivity index (χ1) is 11.1. The van der Waals surface area contributed by atoms with E-state index in [-0.39, 0.29) is 30.7 Å². The van der Waals surface area contributed by atoms with Gasteiger partial charge in [-0.15, -0.1) is 0 Å². The first-order valence-corrected chi connectivity index (χ1v) is 8.06. The third-order valence-electron chi connectivity index (χ3n) is 4.10. The highest BCUT2D eigenvalue weighted by molar-refractivity contribution is 9.10. The van der Waals surface area contributed by atoms with Crippen LogP contribution in [0.5, 0.6) is 0 Å². The van der Waals surface area contributed by atoms with E-state index in [9.17, 15) is 5.11 Å². The van der Waals surface area contributed by atoms with Gasteiger partial charge in [0, 0.05) is 0 Å². The van der Waals surface area contributed by atoms with Crippen molar-refractivity contribution in [3.8, 4) is 0 Å². The van der Waals surface area contributed by atoms with Crippen molar-refractivity contribution in [3.63, 3.8) is 0 Å². The van der Waals surface area contributed by atoms with Gasteiger partial charge in [-0.1, -0.05) is 0 Å². The van der Waals surface area contributed by atoms with E-state index in [0.717, 1.165) is 0 Å². The maximum atomic E-state index is 9.57. The van der Waals surface area contributed by atoms with Gasteiger partial charge >= 0.3 is 0 Å². The molecule has 2 saturated heterocycles. The second kappa shape index (κ2) is 5.64. The highest BCUT2D eigenvalue weighted by Gasteiger charge is 2.50. The fourth-order valence-corrected chi connectivity index (χ4v) is 3.64. The molecule has 2 aromatic rings. The van der Waals surface area contributed by atoms with Gasteiger partial charge in [0.05, 0.1) is 19.3 Å². The van der Waals surface area contributed by atoms with Crippen LogP contribution in [-0.4, -0.2) is 62.3 Å². The van der Waals surface area contributed by atoms with Crippen molar-refractivity contribution in [1.82, 2.24) is 19.5 Å². The Balaban J connectivity index is 1.80. The van der Waals surface area contributed by atoms with Gasteiger partial charge in [0.25, 0.3) is 0 Å². The van der Waals surface area contributed by atoms with Crippen molar-refractivity contribution >= 4 is 32.9 Å². The van der Waals surface area contributed by atoms with E-state index in [2.05, 4.69) is 30.9 Å². The third-order valence-corrected chi connectivity index (χ3v) is 4.65. The predicted octanol–water partition coefficient (Wildman–Crippen LogP) is 0.233. The lowest BCUT2D eigenvalue weighted by Crippen LogP contribution is -2.46. The van der Waals surface area contributed by atoms with E-state index >= 15 is 0 Å². The van der Waals surface area contributed by atoms with Gasteiger partial charge in [-0.05, 0) is 22.9 Å². The molecule has 0 spiro atoms. The van der Waals surface area contributed by atoms with Crippen LogP contribution in [0.1, 0.15) is 13.2 Å². The summed E-state index contributed by atoms with van der Waals surface area (Å²) in [5.74, 6) is 0.289. The standard InChI is InChI=1S/C13H16BrN5O4/c1-5-3-21-8-6(2-20)23-12(9(8)22-5)19-11-7(18-13(19)14)10(15)16-4-17-11/h4-6,8-9,12,20H,2-3H2,1H3,(H2,15,16,17)/t5?,6-,8-,9-,12-/m1/s1. The van der Waals surface area contributed by atoms with Gasteiger partial charge in [-0.2, -0.15) is 0 Å². The summed E-state index contributed by atoms with van der Waals surface area (Å²) in [7, 11) is 0. The minimum absolute atomic E-state index is 0.0620. The second-order valence-corrected chi connectivity index (χ2v) is 6.35. The first-order valence-electron chi connectivity index (χ1n) is 7.27. The molecular weight excluding hydrogens is 370 g/mol. The Kier molecular flexibility index (Phi) is 3.73. The van der Waals surface area contributed by atoms with Crippen LogP contribution in [0.4, 0.5) is 5.82 Å². The topological polar surface area (TPSA) is 118 Å². The van der Waals surface area contributed by atoms with Crippen LogP contribution in [0, 0.1) is 0 Å². The lowest BCUT2D eigenvalue weighted by Gasteiger charge is -2.33. The second-order valence-electron chi connectivity index (χ2n) is 5.64. The minimum atomic E-state index is -0.534. The molecular formula is C13H16BrN5O4. The van der Waals surface area contributed by atoms with Crippen LogP contribution in [0.15, 0.2) is 11.1 Å². The number of ether oxygens (including phenoxy) is 3. The van der Waals surface area contributed by atoms with E-state index in [4.69, 9.17) is 19.9 Å². The van der Waals surface area contributed by atoms with Crippen molar-refractivity contribution < 1.29 is 19.3 Å². The maximum Gasteiger partial charge on any atom is 0.181 e. The molecule has 2 fully saturated rings. The number of imidazole rings is 1. The maximum absolute atomic E-state index is 9.57. The summed E-state index contributed by atoms with van der Waals surface area (Å²) in [6.45, 7) is 2.24. The molecule has 0 amide bonds. The summed E-state index contributed by atoms with van der Waals surface area (Å²) >= 11 is 3.42. The lowest BCUT2D eigenvalue weighted by molar-refractivity contribution is -0.175. The highest BCUT2D eigenvalue weighted by atomic mass is 79.9. The number of hydrogen-bond acceptors (Lipinski definition) is 8. The van der Waals surface area contributed by atoms with Gasteiger partial charge in [-0.3, -0.25) is 4.57 Å². The molecule has 23 heavy (non-hydrogen) atoms. The lowest BCUT2D eigenvalue weighted by atomic mass is 10.1. The molecule has 124 valence electrons. The molecule has 4 heterocycles. The summed E-state index contributed by atoms with van der Waals surface area (Å²) in [4.78, 5) is 12.6. The van der Waals surface area contributed by atoms with Crippen LogP contribution in [0.25, 0.3) is 11.2 Å². The molecule has 10 heteroatoms. The molecule has 0 saturated carbocycles. The Hall–Kier alpha value is -1.33. The van der Waals surface area contributed by atoms with Crippen molar-refractivity contribution in [2.24, 2.45) is 0 Å².